The summed E-state index contributed by atoms with van der Waals surface area (Å²) in [5, 5.41) is 8.45. The molecule has 0 radical (unpaired) electrons. The quantitative estimate of drug-likeness (QED) is 0.633. The Hall–Kier alpha value is -1.63. The van der Waals surface area contributed by atoms with Crippen LogP contribution < -0.4 is 16.0 Å². The molecule has 0 aromatic carbocycles. The van der Waals surface area contributed by atoms with Gasteiger partial charge in [-0.25, -0.2) is 0 Å². The largest absolute Gasteiger partial charge is 0.353 e. The van der Waals surface area contributed by atoms with E-state index in [4.69, 9.17) is 0 Å². The fourth-order valence-corrected chi connectivity index (χ4v) is 2.06. The highest BCUT2D eigenvalue weighted by molar-refractivity contribution is 5.84. The highest BCUT2D eigenvalue weighted by atomic mass is 16.2. The summed E-state index contributed by atoms with van der Waals surface area (Å²) in [5.41, 5.74) is -0.729. The lowest BCUT2D eigenvalue weighted by molar-refractivity contribution is -0.128. The van der Waals surface area contributed by atoms with E-state index in [-0.39, 0.29) is 54.5 Å². The van der Waals surface area contributed by atoms with E-state index in [1.807, 2.05) is 55.4 Å². The van der Waals surface area contributed by atoms with Crippen molar-refractivity contribution in [3.8, 4) is 0 Å². The fourth-order valence-electron chi connectivity index (χ4n) is 2.06. The summed E-state index contributed by atoms with van der Waals surface area (Å²) in [6, 6.07) is 0.00570. The van der Waals surface area contributed by atoms with E-state index < -0.39 is 0 Å². The number of hydrogen-bond donors (Lipinski definition) is 3. The molecule has 140 valence electrons. The zero-order valence-electron chi connectivity index (χ0n) is 16.4. The summed E-state index contributed by atoms with van der Waals surface area (Å²) in [7, 11) is 0. The highest BCUT2D eigenvalue weighted by Gasteiger charge is 2.22. The molecular weight excluding hydrogens is 308 g/mol. The second kappa shape index (κ2) is 9.01. The van der Waals surface area contributed by atoms with Gasteiger partial charge in [-0.3, -0.25) is 19.3 Å². The van der Waals surface area contributed by atoms with Crippen molar-refractivity contribution >= 4 is 17.7 Å². The van der Waals surface area contributed by atoms with Gasteiger partial charge in [-0.1, -0.05) is 0 Å². The summed E-state index contributed by atoms with van der Waals surface area (Å²) in [4.78, 5) is 37.8. The smallest absolute Gasteiger partial charge is 0.234 e. The van der Waals surface area contributed by atoms with E-state index in [0.29, 0.717) is 0 Å². The first-order chi connectivity index (χ1) is 10.7. The van der Waals surface area contributed by atoms with Gasteiger partial charge >= 0.3 is 0 Å². The van der Waals surface area contributed by atoms with E-state index in [2.05, 4.69) is 16.0 Å². The Kier molecular flexibility index (Phi) is 8.40. The van der Waals surface area contributed by atoms with Gasteiger partial charge < -0.3 is 16.0 Å². The summed E-state index contributed by atoms with van der Waals surface area (Å²) >= 11 is 0. The average molecular weight is 342 g/mol. The number of amides is 3. The number of rotatable bonds is 7. The van der Waals surface area contributed by atoms with Gasteiger partial charge in [0.2, 0.25) is 17.7 Å². The molecule has 0 aromatic heterocycles. The molecule has 0 fully saturated rings. The number of nitrogens with one attached hydrogen (secondary N) is 3. The minimum Gasteiger partial charge on any atom is -0.353 e. The lowest BCUT2D eigenvalue weighted by Crippen LogP contribution is -2.52. The van der Waals surface area contributed by atoms with E-state index in [9.17, 15) is 14.4 Å². The zero-order chi connectivity index (χ0) is 19.1. The molecule has 3 N–H and O–H groups in total. The normalized spacial score (nSPS) is 12.2. The molecule has 0 atom stereocenters. The van der Waals surface area contributed by atoms with Crippen LogP contribution in [0.2, 0.25) is 0 Å². The van der Waals surface area contributed by atoms with Gasteiger partial charge in [0.25, 0.3) is 0 Å². The van der Waals surface area contributed by atoms with Gasteiger partial charge in [0.1, 0.15) is 0 Å². The summed E-state index contributed by atoms with van der Waals surface area (Å²) < 4.78 is 0. The van der Waals surface area contributed by atoms with Crippen LogP contribution in [-0.2, 0) is 14.4 Å². The SMILES string of the molecule is CC(C)NC(=O)CN(CC(=O)NC(C)(C)C)CC(=O)NC(C)(C)C. The van der Waals surface area contributed by atoms with Crippen molar-refractivity contribution in [2.75, 3.05) is 19.6 Å². The summed E-state index contributed by atoms with van der Waals surface area (Å²) in [5.74, 6) is -0.649. The Labute approximate surface area is 145 Å². The number of hydrogen-bond acceptors (Lipinski definition) is 4. The monoisotopic (exact) mass is 342 g/mol. The molecule has 0 aliphatic carbocycles. The van der Waals surface area contributed by atoms with Gasteiger partial charge in [-0.05, 0) is 55.4 Å². The molecule has 3 amide bonds. The van der Waals surface area contributed by atoms with Gasteiger partial charge in [0, 0.05) is 17.1 Å². The molecule has 0 bridgehead atoms. The van der Waals surface area contributed by atoms with Crippen LogP contribution >= 0.6 is 0 Å². The first-order valence-electron chi connectivity index (χ1n) is 8.32. The van der Waals surface area contributed by atoms with Crippen molar-refractivity contribution in [1.29, 1.82) is 0 Å². The van der Waals surface area contributed by atoms with Gasteiger partial charge in [-0.15, -0.1) is 0 Å². The van der Waals surface area contributed by atoms with Crippen LogP contribution in [0.1, 0.15) is 55.4 Å². The Morgan fingerprint density at radius 2 is 1.08 bits per heavy atom. The molecule has 0 aromatic rings. The molecule has 7 nitrogen and oxygen atoms in total. The Bertz CT molecular complexity index is 418. The van der Waals surface area contributed by atoms with Crippen LogP contribution in [0, 0.1) is 0 Å². The average Bonchev–Trinajstić information content (AvgIpc) is 2.20. The van der Waals surface area contributed by atoms with Crippen molar-refractivity contribution < 1.29 is 14.4 Å². The van der Waals surface area contributed by atoms with Crippen molar-refractivity contribution in [2.24, 2.45) is 0 Å². The maximum absolute atomic E-state index is 12.1. The van der Waals surface area contributed by atoms with Gasteiger partial charge in [-0.2, -0.15) is 0 Å². The van der Waals surface area contributed by atoms with Crippen molar-refractivity contribution in [2.45, 2.75) is 72.5 Å². The molecule has 0 rings (SSSR count). The molecule has 0 spiro atoms. The van der Waals surface area contributed by atoms with E-state index in [0.717, 1.165) is 0 Å². The number of carbonyl (C=O) groups excluding carboxylic acids is 3. The molecule has 24 heavy (non-hydrogen) atoms. The zero-order valence-corrected chi connectivity index (χ0v) is 16.4. The van der Waals surface area contributed by atoms with Gasteiger partial charge in [0.05, 0.1) is 19.6 Å². The number of carbonyl (C=O) groups is 3. The van der Waals surface area contributed by atoms with E-state index in [1.165, 1.54) is 0 Å². The van der Waals surface area contributed by atoms with Crippen LogP contribution in [0.4, 0.5) is 0 Å². The molecule has 7 heteroatoms. The Morgan fingerprint density at radius 3 is 1.38 bits per heavy atom. The third-order valence-electron chi connectivity index (χ3n) is 2.58. The van der Waals surface area contributed by atoms with Crippen molar-refractivity contribution in [3.63, 3.8) is 0 Å². The maximum Gasteiger partial charge on any atom is 0.234 e. The van der Waals surface area contributed by atoms with Crippen LogP contribution in [0.25, 0.3) is 0 Å². The van der Waals surface area contributed by atoms with E-state index >= 15 is 0 Å². The predicted octanol–water partition coefficient (Wildman–Crippen LogP) is 0.642. The molecular formula is C17H34N4O3. The van der Waals surface area contributed by atoms with Crippen molar-refractivity contribution in [1.82, 2.24) is 20.9 Å². The minimum absolute atomic E-state index is 0.00570. The lowest BCUT2D eigenvalue weighted by atomic mass is 10.1. The van der Waals surface area contributed by atoms with Crippen LogP contribution in [0.15, 0.2) is 0 Å². The molecule has 0 saturated carbocycles. The molecule has 0 aliphatic rings. The third kappa shape index (κ3) is 12.9. The maximum atomic E-state index is 12.1. The first kappa shape index (κ1) is 22.4. The second-order valence-electron chi connectivity index (χ2n) is 8.46. The van der Waals surface area contributed by atoms with Gasteiger partial charge in [0.15, 0.2) is 0 Å². The topological polar surface area (TPSA) is 90.5 Å². The van der Waals surface area contributed by atoms with Crippen LogP contribution in [-0.4, -0.2) is 59.4 Å². The molecule has 0 heterocycles. The van der Waals surface area contributed by atoms with Crippen LogP contribution in [0.5, 0.6) is 0 Å². The molecule has 0 unspecified atom stereocenters. The van der Waals surface area contributed by atoms with Crippen LogP contribution in [0.3, 0.4) is 0 Å². The molecule has 0 aliphatic heterocycles. The lowest BCUT2D eigenvalue weighted by Gasteiger charge is -2.27. The Balaban J connectivity index is 4.85. The third-order valence-corrected chi connectivity index (χ3v) is 2.58. The summed E-state index contributed by atoms with van der Waals surface area (Å²) in [6.45, 7) is 15.0. The second-order valence-corrected chi connectivity index (χ2v) is 8.46. The number of nitrogens with zero attached hydrogens (tertiary/aromatic N) is 1. The Morgan fingerprint density at radius 1 is 0.750 bits per heavy atom. The standard InChI is InChI=1S/C17H34N4O3/c1-12(2)18-13(22)9-21(10-14(23)19-16(3,4)5)11-15(24)20-17(6,7)8/h12H,9-11H2,1-8H3,(H,18,22)(H,19,23)(H,20,24). The first-order valence-corrected chi connectivity index (χ1v) is 8.32. The fraction of sp³-hybridized carbons (Fsp3) is 0.824. The molecule has 0 saturated heterocycles. The minimum atomic E-state index is -0.364. The van der Waals surface area contributed by atoms with Crippen molar-refractivity contribution in [3.05, 3.63) is 0 Å². The predicted molar refractivity (Wildman–Crippen MR) is 95.5 cm³/mol. The van der Waals surface area contributed by atoms with E-state index in [1.54, 1.807) is 4.90 Å². The highest BCUT2D eigenvalue weighted by Crippen LogP contribution is 2.01. The summed E-state index contributed by atoms with van der Waals surface area (Å²) in [6.07, 6.45) is 0.